The minimum Gasteiger partial charge on any atom is -0.388 e. The normalized spacial score (nSPS) is 21.6. The molecule has 1 aliphatic heterocycles. The van der Waals surface area contributed by atoms with E-state index in [0.717, 1.165) is 36.5 Å². The fourth-order valence-corrected chi connectivity index (χ4v) is 3.16. The molecule has 0 radical (unpaired) electrons. The Labute approximate surface area is 134 Å². The van der Waals surface area contributed by atoms with Crippen molar-refractivity contribution in [2.24, 2.45) is 0 Å². The summed E-state index contributed by atoms with van der Waals surface area (Å²) < 4.78 is 1.96. The number of aliphatic hydroxyl groups is 1. The maximum atomic E-state index is 11.7. The minimum absolute atomic E-state index is 0.0949. The molecule has 2 aromatic rings. The third-order valence-electron chi connectivity index (χ3n) is 4.35. The van der Waals surface area contributed by atoms with Crippen LogP contribution in [0.25, 0.3) is 11.2 Å². The summed E-state index contributed by atoms with van der Waals surface area (Å²) in [5.74, 6) is 0.565. The summed E-state index contributed by atoms with van der Waals surface area (Å²) in [7, 11) is 1.58. The molecule has 1 fully saturated rings. The van der Waals surface area contributed by atoms with Crippen molar-refractivity contribution in [3.05, 3.63) is 12.7 Å². The summed E-state index contributed by atoms with van der Waals surface area (Å²) in [6.07, 6.45) is 4.78. The highest BCUT2D eigenvalue weighted by atomic mass is 16.3. The number of fused-ring (bicyclic) bond motifs is 1. The van der Waals surface area contributed by atoms with Gasteiger partial charge in [-0.1, -0.05) is 0 Å². The molecule has 1 aliphatic rings. The Balaban J connectivity index is 1.89. The summed E-state index contributed by atoms with van der Waals surface area (Å²) in [6.45, 7) is 3.96. The van der Waals surface area contributed by atoms with Crippen molar-refractivity contribution in [3.63, 3.8) is 0 Å². The second-order valence-electron chi connectivity index (χ2n) is 6.00. The first-order chi connectivity index (χ1) is 11.1. The molecular formula is C15H22N6O2. The fourth-order valence-electron chi connectivity index (χ4n) is 3.16. The zero-order valence-electron chi connectivity index (χ0n) is 13.5. The van der Waals surface area contributed by atoms with Gasteiger partial charge in [0.2, 0.25) is 5.91 Å². The van der Waals surface area contributed by atoms with Crippen LogP contribution >= 0.6 is 0 Å². The van der Waals surface area contributed by atoms with Crippen LogP contribution in [0.15, 0.2) is 12.7 Å². The summed E-state index contributed by atoms with van der Waals surface area (Å²) >= 11 is 0. The Bertz CT molecular complexity index is 715. The van der Waals surface area contributed by atoms with Crippen molar-refractivity contribution < 1.29 is 9.90 Å². The van der Waals surface area contributed by atoms with Crippen LogP contribution in [0.2, 0.25) is 0 Å². The average molecular weight is 318 g/mol. The lowest BCUT2D eigenvalue weighted by atomic mass is 9.89. The van der Waals surface area contributed by atoms with Crippen LogP contribution in [-0.2, 0) is 11.3 Å². The van der Waals surface area contributed by atoms with Crippen molar-refractivity contribution in [3.8, 4) is 0 Å². The van der Waals surface area contributed by atoms with Crippen LogP contribution in [0.4, 0.5) is 5.82 Å². The molecule has 2 N–H and O–H groups in total. The van der Waals surface area contributed by atoms with Gasteiger partial charge in [-0.05, 0) is 19.8 Å². The standard InChI is InChI=1S/C15H22N6O2/c1-3-20-10-19-12-13(20)17-9-18-14(12)21-6-4-5-15(23,8-21)7-11(22)16-2/h9-10,23H,3-8H2,1-2H3,(H,16,22). The van der Waals surface area contributed by atoms with Crippen LogP contribution < -0.4 is 10.2 Å². The molecule has 124 valence electrons. The van der Waals surface area contributed by atoms with Crippen LogP contribution in [0.5, 0.6) is 0 Å². The molecule has 0 aromatic carbocycles. The fraction of sp³-hybridized carbons (Fsp3) is 0.600. The lowest BCUT2D eigenvalue weighted by Gasteiger charge is -2.39. The molecule has 8 nitrogen and oxygen atoms in total. The summed E-state index contributed by atoms with van der Waals surface area (Å²) in [5, 5.41) is 13.3. The number of aryl methyl sites for hydroxylation is 1. The van der Waals surface area contributed by atoms with E-state index in [1.165, 1.54) is 6.33 Å². The topological polar surface area (TPSA) is 96.2 Å². The largest absolute Gasteiger partial charge is 0.388 e. The molecule has 23 heavy (non-hydrogen) atoms. The van der Waals surface area contributed by atoms with Gasteiger partial charge in [0.05, 0.1) is 18.3 Å². The molecule has 1 saturated heterocycles. The minimum atomic E-state index is -1.04. The van der Waals surface area contributed by atoms with Gasteiger partial charge in [-0.2, -0.15) is 0 Å². The van der Waals surface area contributed by atoms with E-state index in [9.17, 15) is 9.90 Å². The van der Waals surface area contributed by atoms with Gasteiger partial charge < -0.3 is 19.9 Å². The molecule has 3 heterocycles. The van der Waals surface area contributed by atoms with Gasteiger partial charge in [-0.15, -0.1) is 0 Å². The number of β-amino-alcohol motifs (C(OH)–C–C–N with tert-alkyl or cyclic N) is 1. The van der Waals surface area contributed by atoms with Crippen molar-refractivity contribution in [2.75, 3.05) is 25.0 Å². The summed E-state index contributed by atoms with van der Waals surface area (Å²) in [6, 6.07) is 0. The number of rotatable bonds is 4. The first-order valence-corrected chi connectivity index (χ1v) is 7.90. The van der Waals surface area contributed by atoms with Gasteiger partial charge in [-0.25, -0.2) is 15.0 Å². The number of carbonyl (C=O) groups excluding carboxylic acids is 1. The van der Waals surface area contributed by atoms with Crippen LogP contribution in [0.3, 0.4) is 0 Å². The number of imidazole rings is 1. The third kappa shape index (κ3) is 2.98. The maximum Gasteiger partial charge on any atom is 0.222 e. The quantitative estimate of drug-likeness (QED) is 0.842. The van der Waals surface area contributed by atoms with E-state index in [2.05, 4.69) is 20.3 Å². The molecule has 1 unspecified atom stereocenters. The molecule has 0 saturated carbocycles. The molecular weight excluding hydrogens is 296 g/mol. The van der Waals surface area contributed by atoms with Crippen molar-refractivity contribution in [2.45, 2.75) is 38.3 Å². The van der Waals surface area contributed by atoms with E-state index in [-0.39, 0.29) is 12.3 Å². The number of nitrogens with one attached hydrogen (secondary N) is 1. The zero-order valence-corrected chi connectivity index (χ0v) is 13.5. The summed E-state index contributed by atoms with van der Waals surface area (Å²) in [5.41, 5.74) is 0.486. The zero-order chi connectivity index (χ0) is 16.4. The Hall–Kier alpha value is -2.22. The third-order valence-corrected chi connectivity index (χ3v) is 4.35. The number of carbonyl (C=O) groups is 1. The smallest absolute Gasteiger partial charge is 0.222 e. The highest BCUT2D eigenvalue weighted by molar-refractivity contribution is 5.83. The number of hydrogen-bond acceptors (Lipinski definition) is 6. The number of amides is 1. The molecule has 2 aromatic heterocycles. The molecule has 8 heteroatoms. The SMILES string of the molecule is CCn1cnc2c(N3CCCC(O)(CC(=O)NC)C3)ncnc21. The number of anilines is 1. The number of aromatic nitrogens is 4. The number of nitrogens with zero attached hydrogens (tertiary/aromatic N) is 5. The maximum absolute atomic E-state index is 11.7. The van der Waals surface area contributed by atoms with E-state index < -0.39 is 5.60 Å². The highest BCUT2D eigenvalue weighted by Gasteiger charge is 2.36. The molecule has 1 amide bonds. The number of hydrogen-bond donors (Lipinski definition) is 2. The molecule has 0 aliphatic carbocycles. The molecule has 0 spiro atoms. The van der Waals surface area contributed by atoms with E-state index >= 15 is 0 Å². The predicted octanol–water partition coefficient (Wildman–Crippen LogP) is 0.314. The average Bonchev–Trinajstić information content (AvgIpc) is 2.97. The Morgan fingerprint density at radius 1 is 1.43 bits per heavy atom. The van der Waals surface area contributed by atoms with E-state index in [1.807, 2.05) is 16.4 Å². The second-order valence-corrected chi connectivity index (χ2v) is 6.00. The first-order valence-electron chi connectivity index (χ1n) is 7.90. The monoisotopic (exact) mass is 318 g/mol. The van der Waals surface area contributed by atoms with Crippen LogP contribution in [0, 0.1) is 0 Å². The number of piperidine rings is 1. The second kappa shape index (κ2) is 6.11. The van der Waals surface area contributed by atoms with Gasteiger partial charge in [0.1, 0.15) is 6.33 Å². The van der Waals surface area contributed by atoms with Gasteiger partial charge in [0.25, 0.3) is 0 Å². The van der Waals surface area contributed by atoms with Crippen LogP contribution in [-0.4, -0.2) is 56.3 Å². The van der Waals surface area contributed by atoms with E-state index in [0.29, 0.717) is 13.0 Å². The lowest BCUT2D eigenvalue weighted by molar-refractivity contribution is -0.125. The Morgan fingerprint density at radius 3 is 3.00 bits per heavy atom. The van der Waals surface area contributed by atoms with E-state index in [4.69, 9.17) is 0 Å². The van der Waals surface area contributed by atoms with Gasteiger partial charge in [0.15, 0.2) is 17.0 Å². The van der Waals surface area contributed by atoms with Crippen LogP contribution in [0.1, 0.15) is 26.2 Å². The van der Waals surface area contributed by atoms with Gasteiger partial charge >= 0.3 is 0 Å². The Morgan fingerprint density at radius 2 is 2.26 bits per heavy atom. The highest BCUT2D eigenvalue weighted by Crippen LogP contribution is 2.30. The summed E-state index contributed by atoms with van der Waals surface area (Å²) in [4.78, 5) is 26.8. The van der Waals surface area contributed by atoms with Gasteiger partial charge in [0, 0.05) is 26.7 Å². The predicted molar refractivity (Wildman–Crippen MR) is 86.1 cm³/mol. The Kier molecular flexibility index (Phi) is 4.16. The van der Waals surface area contributed by atoms with E-state index in [1.54, 1.807) is 13.4 Å². The molecule has 3 rings (SSSR count). The van der Waals surface area contributed by atoms with Crippen molar-refractivity contribution in [1.82, 2.24) is 24.8 Å². The lowest BCUT2D eigenvalue weighted by Crippen LogP contribution is -2.50. The first kappa shape index (κ1) is 15.7. The van der Waals surface area contributed by atoms with Gasteiger partial charge in [-0.3, -0.25) is 4.79 Å². The van der Waals surface area contributed by atoms with Crippen molar-refractivity contribution in [1.29, 1.82) is 0 Å². The molecule has 0 bridgehead atoms. The molecule has 1 atom stereocenters. The van der Waals surface area contributed by atoms with Crippen molar-refractivity contribution >= 4 is 22.9 Å².